The molecule has 0 unspecified atom stereocenters. The highest BCUT2D eigenvalue weighted by Gasteiger charge is 2.03. The molecule has 1 heterocycles. The summed E-state index contributed by atoms with van der Waals surface area (Å²) < 4.78 is 4.81. The highest BCUT2D eigenvalue weighted by molar-refractivity contribution is 5.85. The van der Waals surface area contributed by atoms with Crippen LogP contribution in [0.15, 0.2) is 27.4 Å². The third-order valence-electron chi connectivity index (χ3n) is 1.90. The van der Waals surface area contributed by atoms with Crippen LogP contribution in [-0.4, -0.2) is 11.3 Å². The Bertz CT molecular complexity index is 557. The first-order chi connectivity index (χ1) is 6.70. The van der Waals surface area contributed by atoms with Crippen LogP contribution >= 0.6 is 0 Å². The fourth-order valence-electron chi connectivity index (χ4n) is 1.27. The Balaban J connectivity index is 2.88. The summed E-state index contributed by atoms with van der Waals surface area (Å²) in [6.07, 6.45) is 0.713. The summed E-state index contributed by atoms with van der Waals surface area (Å²) in [6.45, 7) is 1.59. The van der Waals surface area contributed by atoms with Crippen molar-refractivity contribution < 1.29 is 9.21 Å². The van der Waals surface area contributed by atoms with E-state index in [0.717, 1.165) is 0 Å². The van der Waals surface area contributed by atoms with Crippen LogP contribution in [0.25, 0.3) is 10.9 Å². The molecule has 0 saturated heterocycles. The van der Waals surface area contributed by atoms with Crippen molar-refractivity contribution in [2.75, 3.05) is 0 Å². The van der Waals surface area contributed by atoms with Crippen LogP contribution in [0.1, 0.15) is 16.2 Å². The molecule has 2 aromatic rings. The van der Waals surface area contributed by atoms with Gasteiger partial charge in [-0.15, -0.1) is 0 Å². The Labute approximate surface area is 79.2 Å². The van der Waals surface area contributed by atoms with Crippen LogP contribution in [0.3, 0.4) is 0 Å². The van der Waals surface area contributed by atoms with Gasteiger partial charge in [0.25, 0.3) is 0 Å². The number of carbonyl (C=O) groups excluding carboxylic acids is 1. The molecular weight excluding hydrogens is 182 g/mol. The smallest absolute Gasteiger partial charge is 0.346 e. The summed E-state index contributed by atoms with van der Waals surface area (Å²) in [6, 6.07) is 4.66. The average molecular weight is 189 g/mol. The van der Waals surface area contributed by atoms with E-state index in [2.05, 4.69) is 4.98 Å². The van der Waals surface area contributed by atoms with Crippen LogP contribution in [0, 0.1) is 6.92 Å². The normalized spacial score (nSPS) is 10.4. The van der Waals surface area contributed by atoms with Crippen LogP contribution in [0.5, 0.6) is 0 Å². The molecule has 0 fully saturated rings. The number of aromatic nitrogens is 1. The third-order valence-corrected chi connectivity index (χ3v) is 1.90. The van der Waals surface area contributed by atoms with Crippen molar-refractivity contribution >= 4 is 17.2 Å². The highest BCUT2D eigenvalue weighted by Crippen LogP contribution is 2.09. The van der Waals surface area contributed by atoms with Crippen molar-refractivity contribution in [2.45, 2.75) is 6.92 Å². The second-order valence-corrected chi connectivity index (χ2v) is 2.91. The van der Waals surface area contributed by atoms with Crippen LogP contribution in [0.2, 0.25) is 0 Å². The number of fused-ring (bicyclic) bond motifs is 1. The van der Waals surface area contributed by atoms with E-state index in [0.29, 0.717) is 28.6 Å². The minimum absolute atomic E-state index is 0.297. The van der Waals surface area contributed by atoms with E-state index in [1.54, 1.807) is 19.1 Å². The van der Waals surface area contributed by atoms with Crippen molar-refractivity contribution in [3.8, 4) is 0 Å². The Kier molecular flexibility index (Phi) is 1.89. The third kappa shape index (κ3) is 1.31. The second-order valence-electron chi connectivity index (χ2n) is 2.91. The van der Waals surface area contributed by atoms with Crippen LogP contribution in [0.4, 0.5) is 0 Å². The average Bonchev–Trinajstić information content (AvgIpc) is 2.16. The van der Waals surface area contributed by atoms with Gasteiger partial charge < -0.3 is 4.42 Å². The lowest BCUT2D eigenvalue weighted by atomic mass is 10.2. The number of benzene rings is 1. The van der Waals surface area contributed by atoms with Crippen molar-refractivity contribution in [3.63, 3.8) is 0 Å². The monoisotopic (exact) mass is 189 g/mol. The van der Waals surface area contributed by atoms with Crippen molar-refractivity contribution in [3.05, 3.63) is 40.1 Å². The quantitative estimate of drug-likeness (QED) is 0.634. The van der Waals surface area contributed by atoms with Crippen molar-refractivity contribution in [1.82, 2.24) is 4.98 Å². The molecule has 0 amide bonds. The van der Waals surface area contributed by atoms with E-state index in [4.69, 9.17) is 4.42 Å². The van der Waals surface area contributed by atoms with Gasteiger partial charge in [0.15, 0.2) is 5.89 Å². The Hall–Kier alpha value is -1.97. The standard InChI is InChI=1S/C10H7NO3/c1-6-11-9-4-7(5-12)2-3-8(9)10(13)14-6/h2-5H,1H3. The zero-order chi connectivity index (χ0) is 10.1. The molecule has 0 spiro atoms. The molecule has 0 bridgehead atoms. The lowest BCUT2D eigenvalue weighted by molar-refractivity contribution is 0.112. The molecular formula is C10H7NO3. The van der Waals surface area contributed by atoms with Crippen LogP contribution < -0.4 is 5.63 Å². The second kappa shape index (κ2) is 3.06. The number of hydrogen-bond donors (Lipinski definition) is 0. The fraction of sp³-hybridized carbons (Fsp3) is 0.100. The summed E-state index contributed by atoms with van der Waals surface area (Å²) in [5.74, 6) is 0.297. The molecule has 4 heteroatoms. The van der Waals surface area contributed by atoms with E-state index in [-0.39, 0.29) is 0 Å². The lowest BCUT2D eigenvalue weighted by Gasteiger charge is -1.97. The molecule has 1 aromatic heterocycles. The van der Waals surface area contributed by atoms with Gasteiger partial charge in [0.2, 0.25) is 0 Å². The summed E-state index contributed by atoms with van der Waals surface area (Å²) in [4.78, 5) is 25.8. The molecule has 1 aromatic carbocycles. The van der Waals surface area contributed by atoms with Gasteiger partial charge in [-0.1, -0.05) is 6.07 Å². The van der Waals surface area contributed by atoms with Gasteiger partial charge in [-0.25, -0.2) is 9.78 Å². The molecule has 14 heavy (non-hydrogen) atoms. The molecule has 70 valence electrons. The summed E-state index contributed by atoms with van der Waals surface area (Å²) in [5.41, 5.74) is 0.559. The number of aryl methyl sites for hydroxylation is 1. The number of aldehydes is 1. The number of nitrogens with zero attached hydrogens (tertiary/aromatic N) is 1. The van der Waals surface area contributed by atoms with Gasteiger partial charge >= 0.3 is 5.63 Å². The maximum absolute atomic E-state index is 11.3. The van der Waals surface area contributed by atoms with Gasteiger partial charge in [0.05, 0.1) is 10.9 Å². The van der Waals surface area contributed by atoms with Gasteiger partial charge in [0, 0.05) is 12.5 Å². The van der Waals surface area contributed by atoms with E-state index in [1.807, 2.05) is 0 Å². The predicted octanol–water partition coefficient (Wildman–Crippen LogP) is 1.31. The SMILES string of the molecule is Cc1nc2cc(C=O)ccc2c(=O)o1. The molecule has 0 aliphatic carbocycles. The molecule has 0 saturated carbocycles. The summed E-state index contributed by atoms with van der Waals surface area (Å²) >= 11 is 0. The Morgan fingerprint density at radius 3 is 2.93 bits per heavy atom. The summed E-state index contributed by atoms with van der Waals surface area (Å²) in [7, 11) is 0. The van der Waals surface area contributed by atoms with E-state index < -0.39 is 5.63 Å². The molecule has 2 rings (SSSR count). The molecule has 0 aliphatic rings. The Morgan fingerprint density at radius 1 is 1.43 bits per heavy atom. The topological polar surface area (TPSA) is 60.2 Å². The first-order valence-corrected chi connectivity index (χ1v) is 4.07. The minimum atomic E-state index is -0.426. The zero-order valence-corrected chi connectivity index (χ0v) is 7.48. The van der Waals surface area contributed by atoms with Gasteiger partial charge in [-0.3, -0.25) is 4.79 Å². The van der Waals surface area contributed by atoms with E-state index in [1.165, 1.54) is 6.07 Å². The van der Waals surface area contributed by atoms with Crippen molar-refractivity contribution in [2.24, 2.45) is 0 Å². The summed E-state index contributed by atoms with van der Waals surface area (Å²) in [5, 5.41) is 0.390. The van der Waals surface area contributed by atoms with Crippen molar-refractivity contribution in [1.29, 1.82) is 0 Å². The zero-order valence-electron chi connectivity index (χ0n) is 7.48. The lowest BCUT2D eigenvalue weighted by Crippen LogP contribution is -2.03. The highest BCUT2D eigenvalue weighted by atomic mass is 16.4. The molecule has 4 nitrogen and oxygen atoms in total. The van der Waals surface area contributed by atoms with Gasteiger partial charge in [-0.2, -0.15) is 0 Å². The maximum Gasteiger partial charge on any atom is 0.346 e. The number of rotatable bonds is 1. The minimum Gasteiger partial charge on any atom is -0.408 e. The molecule has 0 atom stereocenters. The van der Waals surface area contributed by atoms with Gasteiger partial charge in [-0.05, 0) is 12.1 Å². The fourth-order valence-corrected chi connectivity index (χ4v) is 1.27. The number of hydrogen-bond acceptors (Lipinski definition) is 4. The molecule has 0 radical (unpaired) electrons. The van der Waals surface area contributed by atoms with E-state index >= 15 is 0 Å². The Morgan fingerprint density at radius 2 is 2.21 bits per heavy atom. The van der Waals surface area contributed by atoms with Crippen LogP contribution in [-0.2, 0) is 0 Å². The first kappa shape index (κ1) is 8.62. The first-order valence-electron chi connectivity index (χ1n) is 4.07. The van der Waals surface area contributed by atoms with Gasteiger partial charge in [0.1, 0.15) is 6.29 Å². The number of carbonyl (C=O) groups is 1. The maximum atomic E-state index is 11.3. The molecule has 0 N–H and O–H groups in total. The predicted molar refractivity (Wildman–Crippen MR) is 50.4 cm³/mol. The molecule has 0 aliphatic heterocycles. The van der Waals surface area contributed by atoms with E-state index in [9.17, 15) is 9.59 Å². The largest absolute Gasteiger partial charge is 0.408 e.